The van der Waals surface area contributed by atoms with Gasteiger partial charge in [-0.3, -0.25) is 14.7 Å². The number of hydrogen-bond donors (Lipinski definition) is 1. The van der Waals surface area contributed by atoms with Gasteiger partial charge in [0.2, 0.25) is 0 Å². The van der Waals surface area contributed by atoms with E-state index in [1.54, 1.807) is 6.20 Å². The minimum absolute atomic E-state index is 0.422. The summed E-state index contributed by atoms with van der Waals surface area (Å²) < 4.78 is 5.34. The van der Waals surface area contributed by atoms with Crippen LogP contribution in [0.1, 0.15) is 5.01 Å². The molecule has 0 aliphatic carbocycles. The lowest BCUT2D eigenvalue weighted by atomic mass is 10.1. The van der Waals surface area contributed by atoms with Crippen LogP contribution in [0.15, 0.2) is 27.8 Å². The van der Waals surface area contributed by atoms with Crippen molar-refractivity contribution in [2.45, 2.75) is 0 Å². The van der Waals surface area contributed by atoms with Gasteiger partial charge in [-0.2, -0.15) is 0 Å². The zero-order valence-electron chi connectivity index (χ0n) is 11.0. The number of morpholine rings is 1. The van der Waals surface area contributed by atoms with Crippen LogP contribution in [0.25, 0.3) is 0 Å². The van der Waals surface area contributed by atoms with Crippen molar-refractivity contribution in [3.63, 3.8) is 0 Å². The van der Waals surface area contributed by atoms with Crippen LogP contribution in [0.4, 0.5) is 0 Å². The first-order valence-corrected chi connectivity index (χ1v) is 7.43. The Bertz CT molecular complexity index is 533. The Morgan fingerprint density at radius 2 is 2.30 bits per heavy atom. The van der Waals surface area contributed by atoms with Crippen LogP contribution in [0, 0.1) is 0 Å². The van der Waals surface area contributed by atoms with Crippen molar-refractivity contribution in [2.75, 3.05) is 39.4 Å². The fourth-order valence-corrected chi connectivity index (χ4v) is 2.82. The molecule has 1 aromatic rings. The van der Waals surface area contributed by atoms with Gasteiger partial charge in [-0.15, -0.1) is 11.3 Å². The van der Waals surface area contributed by atoms with Crippen molar-refractivity contribution in [1.82, 2.24) is 15.2 Å². The van der Waals surface area contributed by atoms with E-state index in [0.717, 1.165) is 61.2 Å². The molecule has 1 N–H and O–H groups in total. The van der Waals surface area contributed by atoms with Gasteiger partial charge in [-0.1, -0.05) is 0 Å². The number of nitrogens with one attached hydrogen (secondary N) is 1. The van der Waals surface area contributed by atoms with Crippen LogP contribution in [-0.4, -0.2) is 61.4 Å². The van der Waals surface area contributed by atoms with Crippen LogP contribution in [-0.2, 0) is 9.53 Å². The Kier molecular flexibility index (Phi) is 4.19. The van der Waals surface area contributed by atoms with Crippen molar-refractivity contribution in [3.8, 4) is 0 Å². The van der Waals surface area contributed by atoms with Crippen molar-refractivity contribution < 1.29 is 9.53 Å². The van der Waals surface area contributed by atoms with Gasteiger partial charge >= 0.3 is 0 Å². The number of carbonyl (C=O) groups excluding carboxylic acids is 1. The lowest BCUT2D eigenvalue weighted by Gasteiger charge is -2.29. The summed E-state index contributed by atoms with van der Waals surface area (Å²) >= 11 is 1.54. The summed E-state index contributed by atoms with van der Waals surface area (Å²) in [5, 5.41) is 6.04. The molecule has 6 nitrogen and oxygen atoms in total. The molecule has 3 rings (SSSR count). The molecule has 1 aromatic heterocycles. The van der Waals surface area contributed by atoms with E-state index in [-0.39, 0.29) is 0 Å². The second kappa shape index (κ2) is 6.25. The summed E-state index contributed by atoms with van der Waals surface area (Å²) in [5.74, 6) is 0.758. The highest BCUT2D eigenvalue weighted by Gasteiger charge is 2.20. The normalized spacial score (nSPS) is 20.5. The predicted molar refractivity (Wildman–Crippen MR) is 77.0 cm³/mol. The van der Waals surface area contributed by atoms with Crippen molar-refractivity contribution in [3.05, 3.63) is 27.9 Å². The number of carbonyl (C=O) groups is 1. The maximum Gasteiger partial charge on any atom is 0.162 e. The number of hydrogen-bond acceptors (Lipinski definition) is 7. The molecule has 0 bridgehead atoms. The molecule has 0 aromatic carbocycles. The highest BCUT2D eigenvalue weighted by atomic mass is 32.1. The Labute approximate surface area is 121 Å². The van der Waals surface area contributed by atoms with Gasteiger partial charge in [0, 0.05) is 42.5 Å². The Morgan fingerprint density at radius 3 is 3.00 bits per heavy atom. The van der Waals surface area contributed by atoms with Crippen molar-refractivity contribution in [2.24, 2.45) is 4.99 Å². The number of thiazole rings is 1. The first-order valence-electron chi connectivity index (χ1n) is 6.55. The van der Waals surface area contributed by atoms with Crippen LogP contribution in [0.2, 0.25) is 0 Å². The van der Waals surface area contributed by atoms with E-state index in [0.29, 0.717) is 6.54 Å². The summed E-state index contributed by atoms with van der Waals surface area (Å²) in [6, 6.07) is 0. The molecule has 0 amide bonds. The average molecular weight is 292 g/mol. The fraction of sp³-hybridized carbons (Fsp3) is 0.462. The molecule has 1 saturated heterocycles. The molecule has 3 heterocycles. The van der Waals surface area contributed by atoms with E-state index in [4.69, 9.17) is 4.74 Å². The van der Waals surface area contributed by atoms with E-state index >= 15 is 0 Å². The first-order chi connectivity index (χ1) is 9.86. The molecule has 20 heavy (non-hydrogen) atoms. The van der Waals surface area contributed by atoms with E-state index in [9.17, 15) is 4.79 Å². The number of rotatable bonds is 4. The minimum atomic E-state index is 0.422. The van der Waals surface area contributed by atoms with Crippen molar-refractivity contribution >= 4 is 23.5 Å². The largest absolute Gasteiger partial charge is 0.379 e. The van der Waals surface area contributed by atoms with E-state index in [2.05, 4.69) is 20.2 Å². The summed E-state index contributed by atoms with van der Waals surface area (Å²) in [6.07, 6.45) is 2.65. The zero-order valence-corrected chi connectivity index (χ0v) is 11.9. The molecule has 0 atom stereocenters. The monoisotopic (exact) mass is 292 g/mol. The third kappa shape index (κ3) is 2.95. The molecule has 0 saturated carbocycles. The molecule has 0 unspecified atom stereocenters. The Morgan fingerprint density at radius 1 is 1.45 bits per heavy atom. The molecule has 7 heteroatoms. The van der Waals surface area contributed by atoms with Crippen LogP contribution in [0.5, 0.6) is 0 Å². The number of aliphatic imine (C=N–C) groups is 1. The minimum Gasteiger partial charge on any atom is -0.379 e. The quantitative estimate of drug-likeness (QED) is 0.807. The number of aromatic nitrogens is 1. The van der Waals surface area contributed by atoms with Crippen LogP contribution in [0.3, 0.4) is 0 Å². The van der Waals surface area contributed by atoms with Gasteiger partial charge in [0.1, 0.15) is 6.29 Å². The highest BCUT2D eigenvalue weighted by Crippen LogP contribution is 2.14. The maximum atomic E-state index is 11.2. The third-order valence-electron chi connectivity index (χ3n) is 3.33. The molecule has 2 aliphatic heterocycles. The van der Waals surface area contributed by atoms with Gasteiger partial charge in [0.05, 0.1) is 19.8 Å². The first kappa shape index (κ1) is 13.4. The third-order valence-corrected chi connectivity index (χ3v) is 4.11. The molecular weight excluding hydrogens is 276 g/mol. The lowest BCUT2D eigenvalue weighted by molar-refractivity contribution is -0.105. The standard InChI is InChI=1S/C13H16N4O2S/c18-9-10-7-15-12(13-14-1-6-20-13)16-11(10)8-17-2-4-19-5-3-17/h1,6,9H,2-5,7-8H2,(H,15,16). The van der Waals surface area contributed by atoms with Gasteiger partial charge in [-0.25, -0.2) is 4.98 Å². The summed E-state index contributed by atoms with van der Waals surface area (Å²) in [5.41, 5.74) is 1.65. The molecule has 0 radical (unpaired) electrons. The molecule has 106 valence electrons. The average Bonchev–Trinajstić information content (AvgIpc) is 3.02. The maximum absolute atomic E-state index is 11.2. The van der Waals surface area contributed by atoms with E-state index in [1.165, 1.54) is 11.3 Å². The zero-order chi connectivity index (χ0) is 13.8. The SMILES string of the molecule is O=CC1=C(CN2CCOCC2)NC(c2nccs2)=NC1. The summed E-state index contributed by atoms with van der Waals surface area (Å²) in [4.78, 5) is 22.1. The second-order valence-electron chi connectivity index (χ2n) is 4.64. The van der Waals surface area contributed by atoms with Crippen molar-refractivity contribution in [1.29, 1.82) is 0 Å². The molecule has 1 fully saturated rings. The smallest absolute Gasteiger partial charge is 0.162 e. The topological polar surface area (TPSA) is 66.8 Å². The Balaban J connectivity index is 1.72. The number of ether oxygens (including phenoxy) is 1. The summed E-state index contributed by atoms with van der Waals surface area (Å²) in [6.45, 7) is 4.42. The Hall–Kier alpha value is -1.57. The fourth-order valence-electron chi connectivity index (χ4n) is 2.22. The number of amidine groups is 1. The van der Waals surface area contributed by atoms with Gasteiger partial charge < -0.3 is 10.1 Å². The lowest BCUT2D eigenvalue weighted by Crippen LogP contribution is -2.42. The predicted octanol–water partition coefficient (Wildman–Crippen LogP) is 0.278. The summed E-state index contributed by atoms with van der Waals surface area (Å²) in [7, 11) is 0. The molecule has 2 aliphatic rings. The highest BCUT2D eigenvalue weighted by molar-refractivity contribution is 7.11. The molecular formula is C13H16N4O2S. The van der Waals surface area contributed by atoms with Gasteiger partial charge in [0.25, 0.3) is 0 Å². The molecule has 0 spiro atoms. The van der Waals surface area contributed by atoms with Crippen LogP contribution >= 0.6 is 11.3 Å². The van der Waals surface area contributed by atoms with Gasteiger partial charge in [-0.05, 0) is 0 Å². The van der Waals surface area contributed by atoms with E-state index < -0.39 is 0 Å². The van der Waals surface area contributed by atoms with Gasteiger partial charge in [0.15, 0.2) is 10.8 Å². The second-order valence-corrected chi connectivity index (χ2v) is 5.53. The number of nitrogens with zero attached hydrogens (tertiary/aromatic N) is 3. The van der Waals surface area contributed by atoms with Crippen LogP contribution < -0.4 is 5.32 Å². The number of aldehydes is 1. The van der Waals surface area contributed by atoms with E-state index in [1.807, 2.05) is 5.38 Å².